The number of nitrogens with one attached hydrogen (secondary N) is 2. The minimum absolute atomic E-state index is 0.107. The number of benzene rings is 1. The van der Waals surface area contributed by atoms with Crippen molar-refractivity contribution in [3.63, 3.8) is 0 Å². The van der Waals surface area contributed by atoms with Crippen molar-refractivity contribution in [3.8, 4) is 5.82 Å². The van der Waals surface area contributed by atoms with Gasteiger partial charge in [-0.1, -0.05) is 44.5 Å². The molecule has 0 fully saturated rings. The van der Waals surface area contributed by atoms with E-state index in [1.54, 1.807) is 17.1 Å². The predicted molar refractivity (Wildman–Crippen MR) is 137 cm³/mol. The Labute approximate surface area is 199 Å². The van der Waals surface area contributed by atoms with Crippen molar-refractivity contribution in [2.45, 2.75) is 53.0 Å². The molecule has 0 aliphatic rings. The van der Waals surface area contributed by atoms with E-state index in [-0.39, 0.29) is 5.56 Å². The Morgan fingerprint density at radius 1 is 1.09 bits per heavy atom. The van der Waals surface area contributed by atoms with Crippen LogP contribution in [0, 0.1) is 12.3 Å². The number of nitrogens with zero attached hydrogens (tertiary/aromatic N) is 4. The Bertz CT molecular complexity index is 1390. The monoisotopic (exact) mass is 454 g/mol. The molecule has 0 saturated heterocycles. The molecule has 174 valence electrons. The molecule has 0 spiro atoms. The molecule has 34 heavy (non-hydrogen) atoms. The topological polar surface area (TPSA) is 96.6 Å². The highest BCUT2D eigenvalue weighted by Gasteiger charge is 2.17. The smallest absolute Gasteiger partial charge is 0.264 e. The molecule has 7 heteroatoms. The molecular formula is C27H30N6O. The number of aryl methyl sites for hydroxylation is 2. The van der Waals surface area contributed by atoms with E-state index in [1.807, 2.05) is 56.3 Å². The molecule has 0 aliphatic heterocycles. The molecular weight excluding hydrogens is 424 g/mol. The van der Waals surface area contributed by atoms with E-state index >= 15 is 0 Å². The molecule has 3 heterocycles. The number of aromatic nitrogens is 4. The van der Waals surface area contributed by atoms with Gasteiger partial charge in [-0.3, -0.25) is 9.36 Å². The van der Waals surface area contributed by atoms with Gasteiger partial charge in [0.05, 0.1) is 17.8 Å². The second-order valence-electron chi connectivity index (χ2n) is 8.34. The van der Waals surface area contributed by atoms with E-state index in [1.165, 1.54) is 0 Å². The molecule has 0 radical (unpaired) electrons. The number of hydrogen-bond acceptors (Lipinski definition) is 6. The van der Waals surface area contributed by atoms with Crippen LogP contribution in [-0.2, 0) is 13.0 Å². The van der Waals surface area contributed by atoms with Crippen LogP contribution in [0.3, 0.4) is 0 Å². The Kier molecular flexibility index (Phi) is 7.11. The number of hydrogen-bond donors (Lipinski definition) is 2. The maximum Gasteiger partial charge on any atom is 0.264 e. The minimum Gasteiger partial charge on any atom is -0.364 e. The van der Waals surface area contributed by atoms with Crippen molar-refractivity contribution in [3.05, 3.63) is 87.9 Å². The van der Waals surface area contributed by atoms with Gasteiger partial charge in [0.15, 0.2) is 0 Å². The molecule has 0 unspecified atom stereocenters. The first-order valence-corrected chi connectivity index (χ1v) is 11.8. The Balaban J connectivity index is 1.81. The maximum absolute atomic E-state index is 13.5. The number of pyridine rings is 2. The van der Waals surface area contributed by atoms with Crippen molar-refractivity contribution < 1.29 is 0 Å². The average Bonchev–Trinajstić information content (AvgIpc) is 2.86. The predicted octanol–water partition coefficient (Wildman–Crippen LogP) is 5.22. The Hall–Kier alpha value is -3.87. The maximum atomic E-state index is 13.5. The zero-order chi connectivity index (χ0) is 24.1. The lowest BCUT2D eigenvalue weighted by atomic mass is 10.0. The van der Waals surface area contributed by atoms with Gasteiger partial charge in [-0.05, 0) is 55.3 Å². The van der Waals surface area contributed by atoms with E-state index in [0.29, 0.717) is 35.7 Å². The fourth-order valence-corrected chi connectivity index (χ4v) is 4.14. The third-order valence-electron chi connectivity index (χ3n) is 5.98. The normalized spacial score (nSPS) is 11.0. The fraction of sp³-hybridized carbons (Fsp3) is 0.296. The Morgan fingerprint density at radius 3 is 2.68 bits per heavy atom. The SMILES string of the molecule is CCCCc1ncnc(NCc2cc3ccccc3c(=O)n2-c2ncccc2C)c1C(=N)CC. The highest BCUT2D eigenvalue weighted by Crippen LogP contribution is 2.22. The van der Waals surface area contributed by atoms with Crippen molar-refractivity contribution in [2.24, 2.45) is 0 Å². The molecule has 0 amide bonds. The van der Waals surface area contributed by atoms with Gasteiger partial charge in [0, 0.05) is 23.0 Å². The summed E-state index contributed by atoms with van der Waals surface area (Å²) in [7, 11) is 0. The number of rotatable bonds is 9. The third kappa shape index (κ3) is 4.59. The summed E-state index contributed by atoms with van der Waals surface area (Å²) < 4.78 is 1.68. The summed E-state index contributed by atoms with van der Waals surface area (Å²) in [6.07, 6.45) is 6.71. The standard InChI is InChI=1S/C27H30N6O/c1-4-6-13-23-24(22(28)5-2)25(32-17-31-23)30-16-20-15-19-11-7-8-12-21(19)27(34)33(20)26-18(3)10-9-14-29-26/h7-12,14-15,17,28H,4-6,13,16H2,1-3H3,(H,30,31,32). The van der Waals surface area contributed by atoms with E-state index < -0.39 is 0 Å². The van der Waals surface area contributed by atoms with Gasteiger partial charge in [-0.15, -0.1) is 0 Å². The average molecular weight is 455 g/mol. The molecule has 0 saturated carbocycles. The molecule has 0 aliphatic carbocycles. The lowest BCUT2D eigenvalue weighted by molar-refractivity contribution is 0.770. The lowest BCUT2D eigenvalue weighted by Gasteiger charge is -2.18. The summed E-state index contributed by atoms with van der Waals surface area (Å²) in [6, 6.07) is 13.4. The van der Waals surface area contributed by atoms with E-state index in [9.17, 15) is 4.79 Å². The van der Waals surface area contributed by atoms with Crippen molar-refractivity contribution >= 4 is 22.3 Å². The summed E-state index contributed by atoms with van der Waals surface area (Å²) >= 11 is 0. The zero-order valence-corrected chi connectivity index (χ0v) is 19.9. The van der Waals surface area contributed by atoms with Crippen LogP contribution in [0.15, 0.2) is 59.8 Å². The van der Waals surface area contributed by atoms with Gasteiger partial charge in [-0.2, -0.15) is 0 Å². The van der Waals surface area contributed by atoms with Crippen LogP contribution in [0.25, 0.3) is 16.6 Å². The van der Waals surface area contributed by atoms with Crippen molar-refractivity contribution in [1.29, 1.82) is 5.41 Å². The zero-order valence-electron chi connectivity index (χ0n) is 19.9. The summed E-state index contributed by atoms with van der Waals surface area (Å²) in [5, 5.41) is 13.5. The largest absolute Gasteiger partial charge is 0.364 e. The number of anilines is 1. The number of fused-ring (bicyclic) bond motifs is 1. The summed E-state index contributed by atoms with van der Waals surface area (Å²) in [5.74, 6) is 1.24. The third-order valence-corrected chi connectivity index (χ3v) is 5.98. The first kappa shape index (κ1) is 23.3. The van der Waals surface area contributed by atoms with Gasteiger partial charge in [0.1, 0.15) is 18.0 Å². The molecule has 7 nitrogen and oxygen atoms in total. The van der Waals surface area contributed by atoms with Gasteiger partial charge in [0.25, 0.3) is 5.56 Å². The molecule has 0 bridgehead atoms. The van der Waals surface area contributed by atoms with Gasteiger partial charge in [-0.25, -0.2) is 15.0 Å². The lowest BCUT2D eigenvalue weighted by Crippen LogP contribution is -2.25. The van der Waals surface area contributed by atoms with E-state index in [4.69, 9.17) is 5.41 Å². The molecule has 1 aromatic carbocycles. The minimum atomic E-state index is -0.107. The molecule has 4 rings (SSSR count). The molecule has 2 N–H and O–H groups in total. The van der Waals surface area contributed by atoms with Crippen LogP contribution in [0.4, 0.5) is 5.82 Å². The van der Waals surface area contributed by atoms with Gasteiger partial charge in [0.2, 0.25) is 0 Å². The summed E-state index contributed by atoms with van der Waals surface area (Å²) in [4.78, 5) is 27.0. The highest BCUT2D eigenvalue weighted by molar-refractivity contribution is 6.03. The molecule has 4 aromatic rings. The van der Waals surface area contributed by atoms with E-state index in [2.05, 4.69) is 27.2 Å². The van der Waals surface area contributed by atoms with E-state index in [0.717, 1.165) is 47.2 Å². The number of unbranched alkanes of at least 4 members (excludes halogenated alkanes) is 1. The van der Waals surface area contributed by atoms with Crippen molar-refractivity contribution in [2.75, 3.05) is 5.32 Å². The van der Waals surface area contributed by atoms with Crippen LogP contribution in [0.5, 0.6) is 0 Å². The van der Waals surface area contributed by atoms with Gasteiger partial charge >= 0.3 is 0 Å². The molecule has 0 atom stereocenters. The van der Waals surface area contributed by atoms with Gasteiger partial charge < -0.3 is 10.7 Å². The first-order valence-electron chi connectivity index (χ1n) is 11.8. The second kappa shape index (κ2) is 10.4. The summed E-state index contributed by atoms with van der Waals surface area (Å²) in [6.45, 7) is 6.41. The van der Waals surface area contributed by atoms with Crippen molar-refractivity contribution in [1.82, 2.24) is 19.5 Å². The highest BCUT2D eigenvalue weighted by atomic mass is 16.1. The molecule has 3 aromatic heterocycles. The summed E-state index contributed by atoms with van der Waals surface area (Å²) in [5.41, 5.74) is 3.74. The van der Waals surface area contributed by atoms with Crippen LogP contribution in [-0.4, -0.2) is 25.2 Å². The van der Waals surface area contributed by atoms with Crippen LogP contribution >= 0.6 is 0 Å². The second-order valence-corrected chi connectivity index (χ2v) is 8.34. The van der Waals surface area contributed by atoms with Crippen LogP contribution < -0.4 is 10.9 Å². The Morgan fingerprint density at radius 2 is 1.91 bits per heavy atom. The fourth-order valence-electron chi connectivity index (χ4n) is 4.14. The first-order chi connectivity index (χ1) is 16.5. The van der Waals surface area contributed by atoms with Crippen LogP contribution in [0.1, 0.15) is 55.6 Å². The quantitative estimate of drug-likeness (QED) is 0.338. The van der Waals surface area contributed by atoms with Crippen LogP contribution in [0.2, 0.25) is 0 Å².